The highest BCUT2D eigenvalue weighted by Gasteiger charge is 2.55. The van der Waals surface area contributed by atoms with Crippen LogP contribution in [0.15, 0.2) is 22.8 Å². The molecule has 2 rings (SSSR count). The Morgan fingerprint density at radius 3 is 3.09 bits per heavy atom. The van der Waals surface area contributed by atoms with Crippen LogP contribution in [-0.2, 0) is 5.60 Å². The Labute approximate surface area is 65.8 Å². The highest BCUT2D eigenvalue weighted by Crippen LogP contribution is 2.53. The topological polar surface area (TPSA) is 33.4 Å². The molecule has 11 heavy (non-hydrogen) atoms. The Hall–Kier alpha value is -0.760. The molecule has 1 fully saturated rings. The molecule has 0 aromatic carbocycles. The van der Waals surface area contributed by atoms with Gasteiger partial charge in [0.25, 0.3) is 0 Å². The summed E-state index contributed by atoms with van der Waals surface area (Å²) < 4.78 is 5.14. The standard InChI is InChI=1S/C9H12O2/c1-2-7-6-9(7,10)8-4-3-5-11-8/h3-5,7,10H,2,6H2,1H3. The van der Waals surface area contributed by atoms with E-state index in [1.54, 1.807) is 6.26 Å². The summed E-state index contributed by atoms with van der Waals surface area (Å²) in [6, 6.07) is 3.66. The molecule has 0 bridgehead atoms. The van der Waals surface area contributed by atoms with Gasteiger partial charge in [-0.15, -0.1) is 0 Å². The summed E-state index contributed by atoms with van der Waals surface area (Å²) in [4.78, 5) is 0. The largest absolute Gasteiger partial charge is 0.466 e. The summed E-state index contributed by atoms with van der Waals surface area (Å²) in [6.45, 7) is 2.09. The van der Waals surface area contributed by atoms with Crippen LogP contribution < -0.4 is 0 Å². The second kappa shape index (κ2) is 2.11. The molecule has 1 saturated carbocycles. The Balaban J connectivity index is 2.19. The maximum atomic E-state index is 9.86. The van der Waals surface area contributed by atoms with E-state index in [0.29, 0.717) is 5.92 Å². The molecule has 0 radical (unpaired) electrons. The van der Waals surface area contributed by atoms with E-state index in [1.807, 2.05) is 12.1 Å². The van der Waals surface area contributed by atoms with Crippen molar-refractivity contribution in [3.8, 4) is 0 Å². The van der Waals surface area contributed by atoms with Crippen molar-refractivity contribution in [2.75, 3.05) is 0 Å². The SMILES string of the molecule is CCC1CC1(O)c1ccco1. The van der Waals surface area contributed by atoms with Gasteiger partial charge in [0.1, 0.15) is 11.4 Å². The lowest BCUT2D eigenvalue weighted by atomic mass is 10.2. The van der Waals surface area contributed by atoms with E-state index in [1.165, 1.54) is 0 Å². The lowest BCUT2D eigenvalue weighted by Gasteiger charge is -2.04. The van der Waals surface area contributed by atoms with Crippen LogP contribution in [0.25, 0.3) is 0 Å². The Bertz CT molecular complexity index is 240. The zero-order valence-electron chi connectivity index (χ0n) is 6.58. The summed E-state index contributed by atoms with van der Waals surface area (Å²) in [6.07, 6.45) is 3.49. The first-order valence-electron chi connectivity index (χ1n) is 4.03. The van der Waals surface area contributed by atoms with E-state index in [2.05, 4.69) is 6.92 Å². The van der Waals surface area contributed by atoms with Gasteiger partial charge < -0.3 is 9.52 Å². The van der Waals surface area contributed by atoms with E-state index < -0.39 is 5.60 Å². The highest BCUT2D eigenvalue weighted by atomic mass is 16.4. The van der Waals surface area contributed by atoms with Gasteiger partial charge in [-0.2, -0.15) is 0 Å². The fourth-order valence-electron chi connectivity index (χ4n) is 1.63. The van der Waals surface area contributed by atoms with E-state index in [9.17, 15) is 5.11 Å². The molecule has 1 heterocycles. The van der Waals surface area contributed by atoms with Gasteiger partial charge in [0, 0.05) is 0 Å². The van der Waals surface area contributed by atoms with Gasteiger partial charge in [-0.1, -0.05) is 6.92 Å². The Morgan fingerprint density at radius 2 is 2.64 bits per heavy atom. The minimum Gasteiger partial charge on any atom is -0.466 e. The third kappa shape index (κ3) is 0.897. The van der Waals surface area contributed by atoms with Gasteiger partial charge in [-0.05, 0) is 30.9 Å². The van der Waals surface area contributed by atoms with Crippen molar-refractivity contribution in [2.45, 2.75) is 25.4 Å². The van der Waals surface area contributed by atoms with Crippen LogP contribution in [0.5, 0.6) is 0 Å². The number of furan rings is 1. The second-order valence-corrected chi connectivity index (χ2v) is 3.21. The molecule has 0 amide bonds. The molecule has 1 aromatic rings. The number of aliphatic hydroxyl groups is 1. The summed E-state index contributed by atoms with van der Waals surface area (Å²) in [5, 5.41) is 9.86. The summed E-state index contributed by atoms with van der Waals surface area (Å²) in [7, 11) is 0. The van der Waals surface area contributed by atoms with Gasteiger partial charge in [-0.3, -0.25) is 0 Å². The van der Waals surface area contributed by atoms with E-state index in [-0.39, 0.29) is 0 Å². The fourth-order valence-corrected chi connectivity index (χ4v) is 1.63. The molecule has 0 spiro atoms. The van der Waals surface area contributed by atoms with Crippen molar-refractivity contribution in [1.29, 1.82) is 0 Å². The molecule has 2 unspecified atom stereocenters. The first-order valence-corrected chi connectivity index (χ1v) is 4.03. The van der Waals surface area contributed by atoms with Crippen LogP contribution in [0, 0.1) is 5.92 Å². The quantitative estimate of drug-likeness (QED) is 0.702. The van der Waals surface area contributed by atoms with Crippen LogP contribution >= 0.6 is 0 Å². The molecule has 2 nitrogen and oxygen atoms in total. The maximum absolute atomic E-state index is 9.86. The van der Waals surface area contributed by atoms with Crippen LogP contribution in [0.3, 0.4) is 0 Å². The average Bonchev–Trinajstić information content (AvgIpc) is 2.55. The van der Waals surface area contributed by atoms with Crippen molar-refractivity contribution in [3.63, 3.8) is 0 Å². The fraction of sp³-hybridized carbons (Fsp3) is 0.556. The van der Waals surface area contributed by atoms with Crippen molar-refractivity contribution < 1.29 is 9.52 Å². The molecule has 1 aliphatic carbocycles. The molecule has 1 N–H and O–H groups in total. The first kappa shape index (κ1) is 6.92. The van der Waals surface area contributed by atoms with E-state index in [4.69, 9.17) is 4.42 Å². The van der Waals surface area contributed by atoms with Crippen LogP contribution in [0.1, 0.15) is 25.5 Å². The molecule has 0 saturated heterocycles. The minimum absolute atomic E-state index is 0.411. The highest BCUT2D eigenvalue weighted by molar-refractivity contribution is 5.19. The summed E-state index contributed by atoms with van der Waals surface area (Å²) >= 11 is 0. The Kier molecular flexibility index (Phi) is 1.33. The molecule has 1 aliphatic rings. The zero-order valence-corrected chi connectivity index (χ0v) is 6.58. The van der Waals surface area contributed by atoms with Gasteiger partial charge in [0.2, 0.25) is 0 Å². The predicted molar refractivity (Wildman–Crippen MR) is 41.0 cm³/mol. The third-order valence-corrected chi connectivity index (χ3v) is 2.51. The van der Waals surface area contributed by atoms with Crippen molar-refractivity contribution in [3.05, 3.63) is 24.2 Å². The molecule has 1 aromatic heterocycles. The van der Waals surface area contributed by atoms with Crippen molar-refractivity contribution >= 4 is 0 Å². The van der Waals surface area contributed by atoms with Gasteiger partial charge in [0.15, 0.2) is 0 Å². The smallest absolute Gasteiger partial charge is 0.135 e. The van der Waals surface area contributed by atoms with Gasteiger partial charge in [0.05, 0.1) is 6.26 Å². The average molecular weight is 152 g/mol. The molecular weight excluding hydrogens is 140 g/mol. The Morgan fingerprint density at radius 1 is 1.82 bits per heavy atom. The predicted octanol–water partition coefficient (Wildman–Crippen LogP) is 1.90. The third-order valence-electron chi connectivity index (χ3n) is 2.51. The van der Waals surface area contributed by atoms with Gasteiger partial charge >= 0.3 is 0 Å². The van der Waals surface area contributed by atoms with Gasteiger partial charge in [-0.25, -0.2) is 0 Å². The minimum atomic E-state index is -0.627. The molecule has 2 atom stereocenters. The lowest BCUT2D eigenvalue weighted by Crippen LogP contribution is -2.06. The zero-order chi connectivity index (χ0) is 7.90. The lowest BCUT2D eigenvalue weighted by molar-refractivity contribution is 0.104. The molecule has 60 valence electrons. The number of rotatable bonds is 2. The first-order chi connectivity index (χ1) is 5.27. The van der Waals surface area contributed by atoms with Crippen LogP contribution in [0.4, 0.5) is 0 Å². The summed E-state index contributed by atoms with van der Waals surface area (Å²) in [5.41, 5.74) is -0.627. The summed E-state index contributed by atoms with van der Waals surface area (Å²) in [5.74, 6) is 1.14. The maximum Gasteiger partial charge on any atom is 0.135 e. The second-order valence-electron chi connectivity index (χ2n) is 3.21. The molecule has 0 aliphatic heterocycles. The van der Waals surface area contributed by atoms with Crippen LogP contribution in [0.2, 0.25) is 0 Å². The number of hydrogen-bond acceptors (Lipinski definition) is 2. The van der Waals surface area contributed by atoms with E-state index >= 15 is 0 Å². The van der Waals surface area contributed by atoms with Crippen molar-refractivity contribution in [2.24, 2.45) is 5.92 Å². The molecular formula is C9H12O2. The van der Waals surface area contributed by atoms with Crippen LogP contribution in [-0.4, -0.2) is 5.11 Å². The number of hydrogen-bond donors (Lipinski definition) is 1. The molecule has 2 heteroatoms. The normalized spacial score (nSPS) is 35.6. The van der Waals surface area contributed by atoms with Crippen molar-refractivity contribution in [1.82, 2.24) is 0 Å². The monoisotopic (exact) mass is 152 g/mol. The van der Waals surface area contributed by atoms with E-state index in [0.717, 1.165) is 18.6 Å².